The summed E-state index contributed by atoms with van der Waals surface area (Å²) in [7, 11) is 0. The summed E-state index contributed by atoms with van der Waals surface area (Å²) in [4.78, 5) is 1.54. The van der Waals surface area contributed by atoms with Crippen LogP contribution >= 0.6 is 11.8 Å². The van der Waals surface area contributed by atoms with Crippen LogP contribution in [0.2, 0.25) is 0 Å². The second-order valence-corrected chi connectivity index (χ2v) is 4.55. The van der Waals surface area contributed by atoms with E-state index in [4.69, 9.17) is 0 Å². The first-order chi connectivity index (χ1) is 4.38. The van der Waals surface area contributed by atoms with E-state index in [9.17, 15) is 0 Å². The first-order valence-corrected chi connectivity index (χ1v) is 7.02. The molecule has 0 fully saturated rings. The minimum atomic E-state index is 0. The molecule has 0 radical (unpaired) electrons. The molecule has 1 aliphatic heterocycles. The van der Waals surface area contributed by atoms with Crippen LogP contribution in [-0.4, -0.2) is 14.6 Å². The van der Waals surface area contributed by atoms with Gasteiger partial charge in [-0.3, -0.25) is 0 Å². The van der Waals surface area contributed by atoms with Crippen LogP contribution in [0.1, 0.15) is 6.42 Å². The second-order valence-electron chi connectivity index (χ2n) is 1.72. The van der Waals surface area contributed by atoms with Gasteiger partial charge in [0, 0.05) is 63.2 Å². The summed E-state index contributed by atoms with van der Waals surface area (Å²) in [6, 6.07) is 0. The molecular formula is C6H6SW5. The van der Waals surface area contributed by atoms with Crippen molar-refractivity contribution in [2.45, 2.75) is 6.42 Å². The average Bonchev–Trinajstić information content (AvgIpc) is 2.33. The SMILES string of the molecule is [W].[W].[W].[W]=[CH]C1=C([CH]=[W])SCC1. The Morgan fingerprint density at radius 3 is 2.00 bits per heavy atom. The molecule has 0 spiro atoms. The van der Waals surface area contributed by atoms with Crippen LogP contribution in [0.4, 0.5) is 0 Å². The second kappa shape index (κ2) is 12.3. The molecule has 0 aromatic rings. The van der Waals surface area contributed by atoms with Gasteiger partial charge in [0.05, 0.1) is 0 Å². The maximum absolute atomic E-state index is 2.31. The molecule has 0 atom stereocenters. The van der Waals surface area contributed by atoms with E-state index in [-0.39, 0.29) is 63.2 Å². The number of hydrogen-bond donors (Lipinski definition) is 0. The molecule has 66 valence electrons. The van der Waals surface area contributed by atoms with Gasteiger partial charge >= 0.3 is 81.9 Å². The monoisotopic (exact) mass is 1030 g/mol. The summed E-state index contributed by atoms with van der Waals surface area (Å²) in [5, 5.41) is 0. The first-order valence-electron chi connectivity index (χ1n) is 2.65. The normalized spacial score (nSPS) is 13.7. The van der Waals surface area contributed by atoms with Gasteiger partial charge in [-0.1, -0.05) is 0 Å². The van der Waals surface area contributed by atoms with Gasteiger partial charge in [0.2, 0.25) is 0 Å². The Bertz CT molecular complexity index is 159. The summed E-state index contributed by atoms with van der Waals surface area (Å²) in [5.41, 5.74) is 1.59. The molecule has 1 rings (SSSR count). The molecule has 0 nitrogen and oxygen atoms in total. The third kappa shape index (κ3) is 6.70. The molecule has 0 aliphatic carbocycles. The molecule has 0 aromatic heterocycles. The van der Waals surface area contributed by atoms with Gasteiger partial charge in [-0.05, 0) is 0 Å². The van der Waals surface area contributed by atoms with Gasteiger partial charge < -0.3 is 0 Å². The van der Waals surface area contributed by atoms with Gasteiger partial charge in [0.25, 0.3) is 0 Å². The topological polar surface area (TPSA) is 0 Å². The quantitative estimate of drug-likeness (QED) is 0.400. The summed E-state index contributed by atoms with van der Waals surface area (Å²) in [6.45, 7) is 0. The summed E-state index contributed by atoms with van der Waals surface area (Å²) >= 11 is 5.16. The molecule has 0 saturated heterocycles. The minimum absolute atomic E-state index is 0. The van der Waals surface area contributed by atoms with Crippen molar-refractivity contribution < 1.29 is 102 Å². The van der Waals surface area contributed by atoms with Crippen LogP contribution in [0.5, 0.6) is 0 Å². The Kier molecular flexibility index (Phi) is 21.2. The molecule has 0 bridgehead atoms. The molecule has 1 aliphatic rings. The Morgan fingerprint density at radius 1 is 1.08 bits per heavy atom. The number of allylic oxidation sites excluding steroid dienone is 2. The van der Waals surface area contributed by atoms with Crippen molar-refractivity contribution in [2.24, 2.45) is 0 Å². The fourth-order valence-corrected chi connectivity index (χ4v) is 4.12. The molecule has 0 unspecified atom stereocenters. The van der Waals surface area contributed by atoms with Crippen LogP contribution in [0.3, 0.4) is 0 Å². The third-order valence-corrected chi connectivity index (χ3v) is 4.76. The van der Waals surface area contributed by atoms with E-state index in [1.165, 1.54) is 12.2 Å². The van der Waals surface area contributed by atoms with Crippen molar-refractivity contribution in [3.63, 3.8) is 0 Å². The predicted octanol–water partition coefficient (Wildman–Crippen LogP) is 1.07. The van der Waals surface area contributed by atoms with E-state index in [0.29, 0.717) is 0 Å². The molecular weight excluding hydrogens is 1020 g/mol. The van der Waals surface area contributed by atoms with Crippen LogP contribution in [0, 0.1) is 0 Å². The molecule has 1 heterocycles. The van der Waals surface area contributed by atoms with Crippen molar-refractivity contribution in [1.29, 1.82) is 0 Å². The first kappa shape index (κ1) is 20.7. The van der Waals surface area contributed by atoms with Gasteiger partial charge in [0.15, 0.2) is 0 Å². The van der Waals surface area contributed by atoms with Crippen LogP contribution in [0.15, 0.2) is 10.5 Å². The zero-order valence-electron chi connectivity index (χ0n) is 6.02. The van der Waals surface area contributed by atoms with Crippen LogP contribution in [0.25, 0.3) is 0 Å². The number of hydrogen-bond acceptors (Lipinski definition) is 1. The maximum atomic E-state index is 2.31. The average molecular weight is 1030 g/mol. The van der Waals surface area contributed by atoms with E-state index in [0.717, 1.165) is 0 Å². The van der Waals surface area contributed by atoms with Crippen LogP contribution in [-0.2, 0) is 102 Å². The van der Waals surface area contributed by atoms with Crippen molar-refractivity contribution in [1.82, 2.24) is 0 Å². The van der Waals surface area contributed by atoms with Gasteiger partial charge in [-0.15, -0.1) is 0 Å². The van der Waals surface area contributed by atoms with Crippen molar-refractivity contribution in [3.05, 3.63) is 10.5 Å². The van der Waals surface area contributed by atoms with Crippen molar-refractivity contribution >= 4 is 20.6 Å². The Labute approximate surface area is 142 Å². The fourth-order valence-electron chi connectivity index (χ4n) is 0.714. The van der Waals surface area contributed by atoms with Gasteiger partial charge in [-0.25, -0.2) is 0 Å². The molecule has 0 N–H and O–H groups in total. The van der Waals surface area contributed by atoms with E-state index in [1.807, 2.05) is 11.8 Å². The molecule has 0 saturated carbocycles. The summed E-state index contributed by atoms with van der Waals surface area (Å²) < 4.78 is 4.61. The third-order valence-electron chi connectivity index (χ3n) is 1.19. The van der Waals surface area contributed by atoms with E-state index in [1.54, 1.807) is 49.2 Å². The zero-order chi connectivity index (χ0) is 6.69. The summed E-state index contributed by atoms with van der Waals surface area (Å²) in [6.07, 6.45) is 1.30. The van der Waals surface area contributed by atoms with Gasteiger partial charge in [0.1, 0.15) is 0 Å². The summed E-state index contributed by atoms with van der Waals surface area (Å²) in [5.74, 6) is 1.30. The van der Waals surface area contributed by atoms with Gasteiger partial charge in [-0.2, -0.15) is 0 Å². The number of thioether (sulfide) groups is 1. The van der Waals surface area contributed by atoms with E-state index >= 15 is 0 Å². The standard InChI is InChI=1S/C6H6S.5W/c1-5-3-4-7-6(5)2;;;;;/h1-2H,3-4H2;;;;;. The van der Waals surface area contributed by atoms with Crippen molar-refractivity contribution in [3.8, 4) is 0 Å². The fraction of sp³-hybridized carbons (Fsp3) is 0.333. The molecule has 12 heavy (non-hydrogen) atoms. The Morgan fingerprint density at radius 2 is 1.67 bits per heavy atom. The molecule has 6 heteroatoms. The predicted molar refractivity (Wildman–Crippen MR) is 36.2 cm³/mol. The van der Waals surface area contributed by atoms with E-state index in [2.05, 4.69) is 8.80 Å². The van der Waals surface area contributed by atoms with E-state index < -0.39 is 0 Å². The zero-order valence-corrected chi connectivity index (χ0v) is 21.5. The number of rotatable bonds is 2. The molecule has 0 aromatic carbocycles. The molecule has 0 amide bonds. The Hall–Kier alpha value is 3.27. The van der Waals surface area contributed by atoms with Crippen LogP contribution < -0.4 is 0 Å². The van der Waals surface area contributed by atoms with Crippen molar-refractivity contribution in [2.75, 3.05) is 5.75 Å². The Balaban J connectivity index is -0.000000270.